The molecule has 1 aliphatic rings. The number of rotatable bonds is 0. The van der Waals surface area contributed by atoms with Gasteiger partial charge in [0.15, 0.2) is 0 Å². The van der Waals surface area contributed by atoms with E-state index in [9.17, 15) is 5.11 Å². The predicted octanol–water partition coefficient (Wildman–Crippen LogP) is 3.27. The molecule has 0 saturated heterocycles. The maximum Gasteiger partial charge on any atom is 0.0885 e. The lowest BCUT2D eigenvalue weighted by atomic mass is 9.74. The van der Waals surface area contributed by atoms with Gasteiger partial charge in [-0.25, -0.2) is 0 Å². The van der Waals surface area contributed by atoms with E-state index in [2.05, 4.69) is 20.8 Å². The van der Waals surface area contributed by atoms with Gasteiger partial charge in [-0.1, -0.05) is 20.8 Å². The van der Waals surface area contributed by atoms with Gasteiger partial charge >= 0.3 is 0 Å². The average molecular weight is 154 g/mol. The number of hydrogen-bond donors (Lipinski definition) is 1. The van der Waals surface area contributed by atoms with Gasteiger partial charge in [0.1, 0.15) is 0 Å². The third kappa shape index (κ3) is 2.25. The quantitative estimate of drug-likeness (QED) is 0.567. The summed E-state index contributed by atoms with van der Waals surface area (Å²) < 4.78 is 0. The van der Waals surface area contributed by atoms with Crippen LogP contribution in [0.2, 0.25) is 0 Å². The van der Waals surface area contributed by atoms with Gasteiger partial charge < -0.3 is 5.11 Å². The van der Waals surface area contributed by atoms with Gasteiger partial charge in [-0.3, -0.25) is 0 Å². The molecule has 0 amide bonds. The first-order chi connectivity index (χ1) is 5.00. The minimum absolute atomic E-state index is 0.349. The van der Waals surface area contributed by atoms with E-state index in [1.807, 2.05) is 6.08 Å². The third-order valence-corrected chi connectivity index (χ3v) is 2.58. The molecule has 0 radical (unpaired) electrons. The van der Waals surface area contributed by atoms with E-state index >= 15 is 0 Å². The molecule has 11 heavy (non-hydrogen) atoms. The summed E-state index contributed by atoms with van der Waals surface area (Å²) in [6.45, 7) is 6.74. The molecule has 64 valence electrons. The van der Waals surface area contributed by atoms with Gasteiger partial charge in [0.2, 0.25) is 0 Å². The lowest BCUT2D eigenvalue weighted by molar-refractivity contribution is 0.189. The molecule has 0 heterocycles. The minimum atomic E-state index is 0.349. The molecule has 1 aliphatic carbocycles. The highest BCUT2D eigenvalue weighted by Gasteiger charge is 2.26. The maximum atomic E-state index is 9.30. The Balaban J connectivity index is 2.58. The Bertz CT molecular complexity index is 162. The van der Waals surface area contributed by atoms with Crippen LogP contribution in [0.1, 0.15) is 40.0 Å². The largest absolute Gasteiger partial charge is 0.513 e. The van der Waals surface area contributed by atoms with Crippen LogP contribution in [0.5, 0.6) is 0 Å². The van der Waals surface area contributed by atoms with Gasteiger partial charge in [-0.15, -0.1) is 0 Å². The first-order valence-corrected chi connectivity index (χ1v) is 4.38. The second-order valence-electron chi connectivity index (χ2n) is 4.54. The van der Waals surface area contributed by atoms with Crippen molar-refractivity contribution in [1.82, 2.24) is 0 Å². The van der Waals surface area contributed by atoms with Crippen molar-refractivity contribution in [3.05, 3.63) is 11.8 Å². The number of aliphatic hydroxyl groups is 1. The van der Waals surface area contributed by atoms with Crippen molar-refractivity contribution in [2.24, 2.45) is 11.3 Å². The van der Waals surface area contributed by atoms with Crippen molar-refractivity contribution in [3.8, 4) is 0 Å². The Morgan fingerprint density at radius 2 is 2.09 bits per heavy atom. The van der Waals surface area contributed by atoms with Crippen molar-refractivity contribution in [1.29, 1.82) is 0 Å². The molecule has 0 bridgehead atoms. The summed E-state index contributed by atoms with van der Waals surface area (Å²) in [6, 6.07) is 0. The second-order valence-corrected chi connectivity index (χ2v) is 4.54. The van der Waals surface area contributed by atoms with Crippen LogP contribution >= 0.6 is 0 Å². The van der Waals surface area contributed by atoms with E-state index in [0.29, 0.717) is 17.1 Å². The summed E-state index contributed by atoms with van der Waals surface area (Å²) >= 11 is 0. The molecule has 0 spiro atoms. The summed E-state index contributed by atoms with van der Waals surface area (Å²) in [6.07, 6.45) is 5.10. The second kappa shape index (κ2) is 2.88. The molecular weight excluding hydrogens is 136 g/mol. The highest BCUT2D eigenvalue weighted by Crippen LogP contribution is 2.36. The molecule has 0 aliphatic heterocycles. The lowest BCUT2D eigenvalue weighted by Gasteiger charge is -2.32. The fourth-order valence-electron chi connectivity index (χ4n) is 1.63. The predicted molar refractivity (Wildman–Crippen MR) is 47.5 cm³/mol. The van der Waals surface area contributed by atoms with E-state index in [-0.39, 0.29) is 0 Å². The summed E-state index contributed by atoms with van der Waals surface area (Å²) in [4.78, 5) is 0. The first-order valence-electron chi connectivity index (χ1n) is 4.38. The van der Waals surface area contributed by atoms with Gasteiger partial charge in [-0.05, 0) is 30.3 Å². The monoisotopic (exact) mass is 154 g/mol. The molecule has 1 N–H and O–H groups in total. The zero-order chi connectivity index (χ0) is 8.48. The third-order valence-electron chi connectivity index (χ3n) is 2.58. The summed E-state index contributed by atoms with van der Waals surface area (Å²) in [5.74, 6) is 1.25. The fourth-order valence-corrected chi connectivity index (χ4v) is 1.63. The lowest BCUT2D eigenvalue weighted by Crippen LogP contribution is -2.22. The molecule has 1 atom stereocenters. The summed E-state index contributed by atoms with van der Waals surface area (Å²) in [7, 11) is 0. The topological polar surface area (TPSA) is 20.2 Å². The molecule has 0 unspecified atom stereocenters. The summed E-state index contributed by atoms with van der Waals surface area (Å²) in [5.41, 5.74) is 0.349. The van der Waals surface area contributed by atoms with Crippen molar-refractivity contribution in [2.45, 2.75) is 40.0 Å². The van der Waals surface area contributed by atoms with Gasteiger partial charge in [0, 0.05) is 6.42 Å². The highest BCUT2D eigenvalue weighted by molar-refractivity contribution is 4.99. The molecule has 0 saturated carbocycles. The molecule has 1 nitrogen and oxygen atoms in total. The van der Waals surface area contributed by atoms with E-state index in [4.69, 9.17) is 0 Å². The molecule has 0 fully saturated rings. The van der Waals surface area contributed by atoms with Crippen LogP contribution in [0.4, 0.5) is 0 Å². The zero-order valence-electron chi connectivity index (χ0n) is 7.72. The smallest absolute Gasteiger partial charge is 0.0885 e. The normalized spacial score (nSPS) is 26.5. The Morgan fingerprint density at radius 3 is 2.45 bits per heavy atom. The molecule has 1 rings (SSSR count). The van der Waals surface area contributed by atoms with Gasteiger partial charge in [0.25, 0.3) is 0 Å². The highest BCUT2D eigenvalue weighted by atomic mass is 16.3. The van der Waals surface area contributed by atoms with Crippen LogP contribution in [0.3, 0.4) is 0 Å². The first kappa shape index (κ1) is 8.63. The fraction of sp³-hybridized carbons (Fsp3) is 0.800. The van der Waals surface area contributed by atoms with E-state index in [1.165, 1.54) is 6.42 Å². The SMILES string of the molecule is CC(C)(C)[C@@H]1CCC=C(O)C1. The minimum Gasteiger partial charge on any atom is -0.513 e. The van der Waals surface area contributed by atoms with E-state index in [1.54, 1.807) is 0 Å². The van der Waals surface area contributed by atoms with Crippen LogP contribution in [-0.4, -0.2) is 5.11 Å². The maximum absolute atomic E-state index is 9.30. The van der Waals surface area contributed by atoms with Crippen LogP contribution in [0.25, 0.3) is 0 Å². The van der Waals surface area contributed by atoms with Crippen LogP contribution in [0.15, 0.2) is 11.8 Å². The van der Waals surface area contributed by atoms with E-state index in [0.717, 1.165) is 12.8 Å². The van der Waals surface area contributed by atoms with E-state index < -0.39 is 0 Å². The number of aliphatic hydroxyl groups excluding tert-OH is 1. The summed E-state index contributed by atoms with van der Waals surface area (Å²) in [5, 5.41) is 9.30. The Hall–Kier alpha value is -0.460. The van der Waals surface area contributed by atoms with Crippen molar-refractivity contribution < 1.29 is 5.11 Å². The Morgan fingerprint density at radius 1 is 1.45 bits per heavy atom. The Kier molecular flexibility index (Phi) is 2.26. The van der Waals surface area contributed by atoms with Gasteiger partial charge in [-0.2, -0.15) is 0 Å². The number of hydrogen-bond acceptors (Lipinski definition) is 1. The molecular formula is C10H18O. The van der Waals surface area contributed by atoms with Crippen LogP contribution in [-0.2, 0) is 0 Å². The number of allylic oxidation sites excluding steroid dienone is 2. The Labute approximate surface area is 69.1 Å². The standard InChI is InChI=1S/C10H18O/c1-10(2,3)8-5-4-6-9(11)7-8/h6,8,11H,4-5,7H2,1-3H3/t8-/m1/s1. The van der Waals surface area contributed by atoms with Crippen molar-refractivity contribution >= 4 is 0 Å². The van der Waals surface area contributed by atoms with Crippen LogP contribution < -0.4 is 0 Å². The van der Waals surface area contributed by atoms with Crippen molar-refractivity contribution in [2.75, 3.05) is 0 Å². The average Bonchev–Trinajstić information content (AvgIpc) is 1.86. The molecule has 1 heteroatoms. The molecule has 0 aromatic rings. The van der Waals surface area contributed by atoms with Crippen LogP contribution in [0, 0.1) is 11.3 Å². The van der Waals surface area contributed by atoms with Crippen molar-refractivity contribution in [3.63, 3.8) is 0 Å². The molecule has 0 aromatic heterocycles. The zero-order valence-corrected chi connectivity index (χ0v) is 7.72. The van der Waals surface area contributed by atoms with Gasteiger partial charge in [0.05, 0.1) is 5.76 Å². The molecule has 0 aromatic carbocycles.